The highest BCUT2D eigenvalue weighted by atomic mass is 32.1. The van der Waals surface area contributed by atoms with Crippen LogP contribution in [-0.4, -0.2) is 16.4 Å². The second kappa shape index (κ2) is 7.96. The molecule has 27 heavy (non-hydrogen) atoms. The number of rotatable bonds is 4. The number of aryl methyl sites for hydroxylation is 3. The molecular weight excluding hydrogens is 358 g/mol. The van der Waals surface area contributed by atoms with Crippen LogP contribution in [0, 0.1) is 0 Å². The third-order valence-electron chi connectivity index (χ3n) is 5.05. The van der Waals surface area contributed by atoms with Crippen LogP contribution >= 0.6 is 11.3 Å². The Balaban J connectivity index is 1.29. The molecule has 0 aliphatic heterocycles. The summed E-state index contributed by atoms with van der Waals surface area (Å²) in [6.45, 7) is 0.572. The topological polar surface area (TPSA) is 63.1 Å². The number of nitrogens with zero attached hydrogens (tertiary/aromatic N) is 1. The van der Waals surface area contributed by atoms with Crippen LogP contribution in [0.5, 0.6) is 0 Å². The molecule has 0 bridgehead atoms. The van der Waals surface area contributed by atoms with Gasteiger partial charge >= 0.3 is 0 Å². The maximum atomic E-state index is 12.3. The van der Waals surface area contributed by atoms with Gasteiger partial charge in [-0.05, 0) is 54.8 Å². The number of hydrogen-bond donors (Lipinski definition) is 2. The standard InChI is InChI=1S/C21H23N3O2S/c25-20(11-13-24-12-10-15-6-4-5-8-17(15)24)22-23-21(26)19-14-16-7-2-1-3-9-18(16)27-19/h4-6,8,10,12,14H,1-3,7,9,11,13H2,(H,22,25)(H,23,26). The van der Waals surface area contributed by atoms with E-state index in [0.717, 1.165) is 23.7 Å². The summed E-state index contributed by atoms with van der Waals surface area (Å²) >= 11 is 1.55. The largest absolute Gasteiger partial charge is 0.347 e. The lowest BCUT2D eigenvalue weighted by Gasteiger charge is -2.08. The molecule has 6 heteroatoms. The number of carbonyl (C=O) groups is 2. The van der Waals surface area contributed by atoms with E-state index >= 15 is 0 Å². The lowest BCUT2D eigenvalue weighted by atomic mass is 10.1. The van der Waals surface area contributed by atoms with Gasteiger partial charge in [0.15, 0.2) is 0 Å². The van der Waals surface area contributed by atoms with E-state index < -0.39 is 0 Å². The molecule has 2 aromatic heterocycles. The number of thiophene rings is 1. The molecule has 0 saturated heterocycles. The third kappa shape index (κ3) is 4.06. The number of amides is 2. The summed E-state index contributed by atoms with van der Waals surface area (Å²) in [6.07, 6.45) is 8.04. The summed E-state index contributed by atoms with van der Waals surface area (Å²) in [4.78, 5) is 26.5. The van der Waals surface area contributed by atoms with Crippen molar-refractivity contribution in [2.24, 2.45) is 0 Å². The number of aromatic nitrogens is 1. The van der Waals surface area contributed by atoms with Gasteiger partial charge in [0.05, 0.1) is 4.88 Å². The van der Waals surface area contributed by atoms with Crippen LogP contribution in [0.1, 0.15) is 45.8 Å². The SMILES string of the molecule is O=C(CCn1ccc2ccccc21)NNC(=O)c1cc2c(s1)CCCCC2. The average Bonchev–Trinajstić information content (AvgIpc) is 3.22. The maximum absolute atomic E-state index is 12.3. The molecule has 2 amide bonds. The van der Waals surface area contributed by atoms with Crippen molar-refractivity contribution in [3.05, 3.63) is 57.9 Å². The van der Waals surface area contributed by atoms with Crippen molar-refractivity contribution in [3.63, 3.8) is 0 Å². The lowest BCUT2D eigenvalue weighted by molar-refractivity contribution is -0.122. The first-order valence-corrected chi connectivity index (χ1v) is 10.3. The van der Waals surface area contributed by atoms with Gasteiger partial charge in [-0.3, -0.25) is 20.4 Å². The first kappa shape index (κ1) is 17.8. The maximum Gasteiger partial charge on any atom is 0.279 e. The number of hydrogen-bond acceptors (Lipinski definition) is 3. The van der Waals surface area contributed by atoms with Crippen molar-refractivity contribution in [3.8, 4) is 0 Å². The summed E-state index contributed by atoms with van der Waals surface area (Å²) in [5.41, 5.74) is 7.50. The fourth-order valence-corrected chi connectivity index (χ4v) is 4.74. The smallest absolute Gasteiger partial charge is 0.279 e. The molecule has 0 fully saturated rings. The summed E-state index contributed by atoms with van der Waals surface area (Å²) in [5.74, 6) is -0.424. The number of hydrazine groups is 1. The van der Waals surface area contributed by atoms with Gasteiger partial charge in [0.25, 0.3) is 5.91 Å². The molecule has 4 rings (SSSR count). The van der Waals surface area contributed by atoms with E-state index in [4.69, 9.17) is 0 Å². The van der Waals surface area contributed by atoms with E-state index in [9.17, 15) is 9.59 Å². The predicted molar refractivity (Wildman–Crippen MR) is 108 cm³/mol. The minimum atomic E-state index is -0.229. The summed E-state index contributed by atoms with van der Waals surface area (Å²) in [5, 5.41) is 1.16. The summed E-state index contributed by atoms with van der Waals surface area (Å²) in [6, 6.07) is 12.1. The van der Waals surface area contributed by atoms with Gasteiger partial charge in [0.1, 0.15) is 0 Å². The fraction of sp³-hybridized carbons (Fsp3) is 0.333. The van der Waals surface area contributed by atoms with Crippen molar-refractivity contribution in [1.29, 1.82) is 0 Å². The van der Waals surface area contributed by atoms with Gasteiger partial charge in [-0.2, -0.15) is 0 Å². The average molecular weight is 382 g/mol. The van der Waals surface area contributed by atoms with Gasteiger partial charge in [-0.15, -0.1) is 11.3 Å². The van der Waals surface area contributed by atoms with Crippen LogP contribution in [0.4, 0.5) is 0 Å². The van der Waals surface area contributed by atoms with Crippen LogP contribution < -0.4 is 10.9 Å². The first-order valence-electron chi connectivity index (χ1n) is 9.45. The van der Waals surface area contributed by atoms with Crippen LogP contribution in [0.15, 0.2) is 42.6 Å². The molecule has 1 aliphatic carbocycles. The Kier molecular flexibility index (Phi) is 5.25. The zero-order valence-electron chi connectivity index (χ0n) is 15.2. The van der Waals surface area contributed by atoms with E-state index in [1.54, 1.807) is 11.3 Å². The van der Waals surface area contributed by atoms with Gasteiger partial charge in [-0.25, -0.2) is 0 Å². The monoisotopic (exact) mass is 381 g/mol. The van der Waals surface area contributed by atoms with Crippen molar-refractivity contribution < 1.29 is 9.59 Å². The molecule has 1 aromatic carbocycles. The summed E-state index contributed by atoms with van der Waals surface area (Å²) < 4.78 is 2.05. The van der Waals surface area contributed by atoms with E-state index in [2.05, 4.69) is 16.9 Å². The minimum absolute atomic E-state index is 0.195. The number of carbonyl (C=O) groups excluding carboxylic acids is 2. The van der Waals surface area contributed by atoms with Crippen molar-refractivity contribution in [2.75, 3.05) is 0 Å². The molecule has 2 N–H and O–H groups in total. The van der Waals surface area contributed by atoms with Crippen LogP contribution in [0.3, 0.4) is 0 Å². The zero-order valence-corrected chi connectivity index (χ0v) is 16.0. The van der Waals surface area contributed by atoms with E-state index in [1.165, 1.54) is 29.7 Å². The van der Waals surface area contributed by atoms with Gasteiger partial charge in [0, 0.05) is 29.6 Å². The van der Waals surface area contributed by atoms with Gasteiger partial charge < -0.3 is 4.57 Å². The number of nitrogens with one attached hydrogen (secondary N) is 2. The molecule has 0 radical (unpaired) electrons. The molecule has 140 valence electrons. The highest BCUT2D eigenvalue weighted by Crippen LogP contribution is 2.28. The Labute approximate surface area is 162 Å². The molecule has 3 aromatic rings. The Morgan fingerprint density at radius 2 is 1.89 bits per heavy atom. The Bertz CT molecular complexity index is 949. The fourth-order valence-electron chi connectivity index (χ4n) is 3.59. The Morgan fingerprint density at radius 3 is 2.81 bits per heavy atom. The van der Waals surface area contributed by atoms with E-state index in [-0.39, 0.29) is 11.8 Å². The van der Waals surface area contributed by atoms with Crippen molar-refractivity contribution >= 4 is 34.1 Å². The first-order chi connectivity index (χ1) is 13.2. The Morgan fingerprint density at radius 1 is 1.04 bits per heavy atom. The van der Waals surface area contributed by atoms with Crippen molar-refractivity contribution in [1.82, 2.24) is 15.4 Å². The predicted octanol–water partition coefficient (Wildman–Crippen LogP) is 3.82. The van der Waals surface area contributed by atoms with E-state index in [0.29, 0.717) is 17.8 Å². The Hall–Kier alpha value is -2.60. The zero-order chi connectivity index (χ0) is 18.6. The van der Waals surface area contributed by atoms with Crippen LogP contribution in [0.25, 0.3) is 10.9 Å². The lowest BCUT2D eigenvalue weighted by Crippen LogP contribution is -2.41. The molecule has 0 saturated carbocycles. The molecule has 0 unspecified atom stereocenters. The molecule has 5 nitrogen and oxygen atoms in total. The quantitative estimate of drug-likeness (QED) is 0.533. The van der Waals surface area contributed by atoms with E-state index in [1.807, 2.05) is 41.1 Å². The number of benzene rings is 1. The molecular formula is C21H23N3O2S. The second-order valence-corrected chi connectivity index (χ2v) is 8.08. The number of para-hydroxylation sites is 1. The highest BCUT2D eigenvalue weighted by Gasteiger charge is 2.16. The molecule has 2 heterocycles. The normalized spacial score (nSPS) is 13.8. The van der Waals surface area contributed by atoms with Gasteiger partial charge in [-0.1, -0.05) is 24.6 Å². The van der Waals surface area contributed by atoms with Crippen LogP contribution in [0.2, 0.25) is 0 Å². The third-order valence-corrected chi connectivity index (χ3v) is 6.28. The summed E-state index contributed by atoms with van der Waals surface area (Å²) in [7, 11) is 0. The molecule has 0 spiro atoms. The second-order valence-electron chi connectivity index (χ2n) is 6.94. The molecule has 0 atom stereocenters. The number of fused-ring (bicyclic) bond motifs is 2. The van der Waals surface area contributed by atoms with Crippen molar-refractivity contribution in [2.45, 2.75) is 45.1 Å². The minimum Gasteiger partial charge on any atom is -0.347 e. The van der Waals surface area contributed by atoms with Crippen LogP contribution in [-0.2, 0) is 24.2 Å². The van der Waals surface area contributed by atoms with Gasteiger partial charge in [0.2, 0.25) is 5.91 Å². The molecule has 1 aliphatic rings. The highest BCUT2D eigenvalue weighted by molar-refractivity contribution is 7.14.